The molecule has 3 nitrogen and oxygen atoms in total. The zero-order chi connectivity index (χ0) is 12.2. The van der Waals surface area contributed by atoms with E-state index in [1.807, 2.05) is 32.9 Å². The molecular formula is C12H18O3S. The van der Waals surface area contributed by atoms with Crippen molar-refractivity contribution in [1.29, 1.82) is 0 Å². The second-order valence-electron chi connectivity index (χ2n) is 4.34. The van der Waals surface area contributed by atoms with Gasteiger partial charge in [-0.2, -0.15) is 8.42 Å². The van der Waals surface area contributed by atoms with Crippen molar-refractivity contribution in [3.8, 4) is 5.75 Å². The Morgan fingerprint density at radius 2 is 1.75 bits per heavy atom. The molecule has 1 rings (SSSR count). The molecule has 0 bridgehead atoms. The molecule has 16 heavy (non-hydrogen) atoms. The molecule has 0 saturated heterocycles. The van der Waals surface area contributed by atoms with E-state index in [1.165, 1.54) is 0 Å². The Morgan fingerprint density at radius 3 is 2.25 bits per heavy atom. The highest BCUT2D eigenvalue weighted by Gasteiger charge is 2.13. The van der Waals surface area contributed by atoms with Gasteiger partial charge in [0.1, 0.15) is 5.75 Å². The Kier molecular flexibility index (Phi) is 4.35. The Balaban J connectivity index is 2.62. The van der Waals surface area contributed by atoms with Crippen LogP contribution >= 0.6 is 0 Å². The molecule has 0 amide bonds. The van der Waals surface area contributed by atoms with Gasteiger partial charge in [0.15, 0.2) is 0 Å². The summed E-state index contributed by atoms with van der Waals surface area (Å²) in [6.07, 6.45) is 0.619. The molecule has 1 aromatic rings. The zero-order valence-corrected chi connectivity index (χ0v) is 10.8. The second kappa shape index (κ2) is 5.34. The standard InChI is InChI=1S/C12H18O3S/c1-10(2)8-9-16(13,14)15-12-6-4-11(3)5-7-12/h4-7,10H,8-9H2,1-3H3. The molecule has 1 aromatic carbocycles. The van der Waals surface area contributed by atoms with Crippen LogP contribution in [0.4, 0.5) is 0 Å². The van der Waals surface area contributed by atoms with E-state index in [4.69, 9.17) is 4.18 Å². The first-order valence-electron chi connectivity index (χ1n) is 5.38. The first-order chi connectivity index (χ1) is 7.39. The number of rotatable bonds is 5. The average molecular weight is 242 g/mol. The van der Waals surface area contributed by atoms with Crippen molar-refractivity contribution in [3.63, 3.8) is 0 Å². The summed E-state index contributed by atoms with van der Waals surface area (Å²) in [5.41, 5.74) is 1.08. The fourth-order valence-electron chi connectivity index (χ4n) is 1.16. The van der Waals surface area contributed by atoms with E-state index >= 15 is 0 Å². The van der Waals surface area contributed by atoms with Crippen molar-refractivity contribution in [2.24, 2.45) is 5.92 Å². The van der Waals surface area contributed by atoms with E-state index in [0.717, 1.165) is 5.56 Å². The highest BCUT2D eigenvalue weighted by molar-refractivity contribution is 7.87. The van der Waals surface area contributed by atoms with E-state index in [2.05, 4.69) is 0 Å². The molecule has 0 fully saturated rings. The fourth-order valence-corrected chi connectivity index (χ4v) is 2.41. The van der Waals surface area contributed by atoms with Gasteiger partial charge >= 0.3 is 10.1 Å². The lowest BCUT2D eigenvalue weighted by molar-refractivity contribution is 0.477. The van der Waals surface area contributed by atoms with Gasteiger partial charge in [0.25, 0.3) is 0 Å². The van der Waals surface area contributed by atoms with Crippen LogP contribution in [0.2, 0.25) is 0 Å². The summed E-state index contributed by atoms with van der Waals surface area (Å²) >= 11 is 0. The summed E-state index contributed by atoms with van der Waals surface area (Å²) in [6.45, 7) is 5.92. The molecule has 0 spiro atoms. The van der Waals surface area contributed by atoms with E-state index < -0.39 is 10.1 Å². The number of benzene rings is 1. The predicted molar refractivity (Wildman–Crippen MR) is 65.0 cm³/mol. The summed E-state index contributed by atoms with van der Waals surface area (Å²) in [5.74, 6) is 0.809. The van der Waals surface area contributed by atoms with E-state index in [0.29, 0.717) is 18.1 Å². The van der Waals surface area contributed by atoms with Gasteiger partial charge < -0.3 is 4.18 Å². The number of hydrogen-bond acceptors (Lipinski definition) is 3. The van der Waals surface area contributed by atoms with Gasteiger partial charge in [-0.15, -0.1) is 0 Å². The summed E-state index contributed by atoms with van der Waals surface area (Å²) in [5, 5.41) is 0. The molecule has 0 radical (unpaired) electrons. The Labute approximate surface area is 97.6 Å². The topological polar surface area (TPSA) is 43.4 Å². The van der Waals surface area contributed by atoms with E-state index in [9.17, 15) is 8.42 Å². The molecule has 0 unspecified atom stereocenters. The highest BCUT2D eigenvalue weighted by Crippen LogP contribution is 2.15. The van der Waals surface area contributed by atoms with Crippen LogP contribution in [0.3, 0.4) is 0 Å². The second-order valence-corrected chi connectivity index (χ2v) is 6.03. The minimum atomic E-state index is -3.44. The summed E-state index contributed by atoms with van der Waals surface area (Å²) in [4.78, 5) is 0. The van der Waals surface area contributed by atoms with Crippen molar-refractivity contribution in [2.45, 2.75) is 27.2 Å². The summed E-state index contributed by atoms with van der Waals surface area (Å²) in [7, 11) is -3.44. The van der Waals surface area contributed by atoms with Gasteiger partial charge in [-0.1, -0.05) is 31.5 Å². The minimum Gasteiger partial charge on any atom is -0.382 e. The minimum absolute atomic E-state index is 0.0680. The van der Waals surface area contributed by atoms with Crippen LogP contribution in [0.25, 0.3) is 0 Å². The first kappa shape index (κ1) is 13.0. The molecule has 90 valence electrons. The van der Waals surface area contributed by atoms with Crippen molar-refractivity contribution < 1.29 is 12.6 Å². The lowest BCUT2D eigenvalue weighted by Crippen LogP contribution is -2.15. The third-order valence-corrected chi connectivity index (χ3v) is 3.37. The summed E-state index contributed by atoms with van der Waals surface area (Å²) in [6, 6.07) is 6.99. The number of aryl methyl sites for hydroxylation is 1. The van der Waals surface area contributed by atoms with Crippen LogP contribution < -0.4 is 4.18 Å². The van der Waals surface area contributed by atoms with Crippen LogP contribution in [0.1, 0.15) is 25.8 Å². The maximum absolute atomic E-state index is 11.6. The maximum Gasteiger partial charge on any atom is 0.309 e. The van der Waals surface area contributed by atoms with Crippen molar-refractivity contribution >= 4 is 10.1 Å². The van der Waals surface area contributed by atoms with Crippen molar-refractivity contribution in [2.75, 3.05) is 5.75 Å². The van der Waals surface area contributed by atoms with Crippen LogP contribution in [0, 0.1) is 12.8 Å². The normalized spacial score (nSPS) is 11.8. The van der Waals surface area contributed by atoms with Gasteiger partial charge in [-0.3, -0.25) is 0 Å². The fraction of sp³-hybridized carbons (Fsp3) is 0.500. The molecule has 0 saturated carbocycles. The quantitative estimate of drug-likeness (QED) is 0.746. The van der Waals surface area contributed by atoms with Gasteiger partial charge in [0.2, 0.25) is 0 Å². The van der Waals surface area contributed by atoms with E-state index in [1.54, 1.807) is 12.1 Å². The lowest BCUT2D eigenvalue weighted by Gasteiger charge is -2.08. The predicted octanol–water partition coefficient (Wildman–Crippen LogP) is 2.75. The van der Waals surface area contributed by atoms with Crippen LogP contribution in [-0.2, 0) is 10.1 Å². The SMILES string of the molecule is Cc1ccc(OS(=O)(=O)CCC(C)C)cc1. The lowest BCUT2D eigenvalue weighted by atomic mass is 10.2. The third kappa shape index (κ3) is 4.66. The van der Waals surface area contributed by atoms with Gasteiger partial charge in [0, 0.05) is 0 Å². The molecule has 4 heteroatoms. The average Bonchev–Trinajstić information content (AvgIpc) is 2.19. The van der Waals surface area contributed by atoms with Crippen LogP contribution in [-0.4, -0.2) is 14.2 Å². The van der Waals surface area contributed by atoms with Gasteiger partial charge in [0.05, 0.1) is 5.75 Å². The molecule has 0 aliphatic rings. The Morgan fingerprint density at radius 1 is 1.19 bits per heavy atom. The zero-order valence-electron chi connectivity index (χ0n) is 9.93. The smallest absolute Gasteiger partial charge is 0.309 e. The maximum atomic E-state index is 11.6. The van der Waals surface area contributed by atoms with Gasteiger partial charge in [-0.25, -0.2) is 0 Å². The van der Waals surface area contributed by atoms with Crippen molar-refractivity contribution in [3.05, 3.63) is 29.8 Å². The molecule has 0 atom stereocenters. The van der Waals surface area contributed by atoms with Crippen LogP contribution in [0.5, 0.6) is 5.75 Å². The van der Waals surface area contributed by atoms with Crippen LogP contribution in [0.15, 0.2) is 24.3 Å². The Hall–Kier alpha value is -1.03. The first-order valence-corrected chi connectivity index (χ1v) is 6.95. The largest absolute Gasteiger partial charge is 0.382 e. The molecule has 0 heterocycles. The molecular weight excluding hydrogens is 224 g/mol. The highest BCUT2D eigenvalue weighted by atomic mass is 32.2. The van der Waals surface area contributed by atoms with Gasteiger partial charge in [-0.05, 0) is 31.4 Å². The van der Waals surface area contributed by atoms with Crippen molar-refractivity contribution in [1.82, 2.24) is 0 Å². The molecule has 0 aliphatic carbocycles. The monoisotopic (exact) mass is 242 g/mol. The molecule has 0 aromatic heterocycles. The molecule has 0 N–H and O–H groups in total. The molecule has 0 aliphatic heterocycles. The third-order valence-electron chi connectivity index (χ3n) is 2.19. The summed E-state index contributed by atoms with van der Waals surface area (Å²) < 4.78 is 28.1. The number of hydrogen-bond donors (Lipinski definition) is 0. The Bertz CT molecular complexity index is 418. The van der Waals surface area contributed by atoms with E-state index in [-0.39, 0.29) is 5.75 Å².